The third-order valence-corrected chi connectivity index (χ3v) is 4.65. The molecule has 3 rings (SSSR count). The highest BCUT2D eigenvalue weighted by molar-refractivity contribution is 5.51. The van der Waals surface area contributed by atoms with Crippen LogP contribution >= 0.6 is 0 Å². The molecule has 2 fully saturated rings. The molecular formula is C15H21N3O3. The summed E-state index contributed by atoms with van der Waals surface area (Å²) in [5, 5.41) is 20.7. The van der Waals surface area contributed by atoms with Gasteiger partial charge in [0.15, 0.2) is 0 Å². The fraction of sp³-hybridized carbons (Fsp3) is 0.600. The molecule has 0 amide bonds. The standard InChI is InChI=1S/C15H21N3O3/c19-15-3-1-2-14(15)17-10-8-16(9-11-17)12-4-6-13(7-5-12)18(20)21/h4-7,14-15,19H,1-3,8-11H2. The van der Waals surface area contributed by atoms with E-state index in [1.54, 1.807) is 12.1 Å². The van der Waals surface area contributed by atoms with Gasteiger partial charge in [-0.2, -0.15) is 0 Å². The van der Waals surface area contributed by atoms with E-state index in [1.807, 2.05) is 12.1 Å². The van der Waals surface area contributed by atoms with Gasteiger partial charge >= 0.3 is 0 Å². The minimum absolute atomic E-state index is 0.131. The third kappa shape index (κ3) is 3.01. The van der Waals surface area contributed by atoms with Crippen molar-refractivity contribution in [2.45, 2.75) is 31.4 Å². The van der Waals surface area contributed by atoms with E-state index in [2.05, 4.69) is 9.80 Å². The Morgan fingerprint density at radius 2 is 1.76 bits per heavy atom. The molecule has 2 aliphatic rings. The predicted molar refractivity (Wildman–Crippen MR) is 80.5 cm³/mol. The first-order valence-electron chi connectivity index (χ1n) is 7.56. The van der Waals surface area contributed by atoms with Crippen molar-refractivity contribution in [3.05, 3.63) is 34.4 Å². The van der Waals surface area contributed by atoms with Crippen LogP contribution in [0.2, 0.25) is 0 Å². The van der Waals surface area contributed by atoms with Crippen molar-refractivity contribution in [1.29, 1.82) is 0 Å². The SMILES string of the molecule is O=[N+]([O-])c1ccc(N2CCN(C3CCCC3O)CC2)cc1. The molecule has 6 heteroatoms. The number of piperazine rings is 1. The van der Waals surface area contributed by atoms with Crippen LogP contribution in [0.5, 0.6) is 0 Å². The molecule has 0 radical (unpaired) electrons. The van der Waals surface area contributed by atoms with Gasteiger partial charge < -0.3 is 10.0 Å². The summed E-state index contributed by atoms with van der Waals surface area (Å²) < 4.78 is 0. The number of nitrogens with zero attached hydrogens (tertiary/aromatic N) is 3. The van der Waals surface area contributed by atoms with Crippen molar-refractivity contribution in [3.8, 4) is 0 Å². The third-order valence-electron chi connectivity index (χ3n) is 4.65. The quantitative estimate of drug-likeness (QED) is 0.677. The van der Waals surface area contributed by atoms with Crippen molar-refractivity contribution in [2.75, 3.05) is 31.1 Å². The Labute approximate surface area is 124 Å². The van der Waals surface area contributed by atoms with Gasteiger partial charge in [-0.1, -0.05) is 0 Å². The average Bonchev–Trinajstić information content (AvgIpc) is 2.94. The molecule has 1 saturated carbocycles. The molecule has 21 heavy (non-hydrogen) atoms. The lowest BCUT2D eigenvalue weighted by atomic mass is 10.1. The van der Waals surface area contributed by atoms with Crippen molar-refractivity contribution in [2.24, 2.45) is 0 Å². The molecule has 6 nitrogen and oxygen atoms in total. The van der Waals surface area contributed by atoms with Crippen molar-refractivity contribution in [3.63, 3.8) is 0 Å². The van der Waals surface area contributed by atoms with E-state index in [1.165, 1.54) is 0 Å². The second-order valence-corrected chi connectivity index (χ2v) is 5.86. The zero-order chi connectivity index (χ0) is 14.8. The number of nitro benzene ring substituents is 1. The van der Waals surface area contributed by atoms with E-state index in [-0.39, 0.29) is 16.7 Å². The van der Waals surface area contributed by atoms with Crippen LogP contribution in [-0.4, -0.2) is 53.3 Å². The number of hydrogen-bond acceptors (Lipinski definition) is 5. The molecule has 1 N–H and O–H groups in total. The summed E-state index contributed by atoms with van der Waals surface area (Å²) in [5.74, 6) is 0. The molecule has 0 aromatic heterocycles. The maximum absolute atomic E-state index is 10.7. The highest BCUT2D eigenvalue weighted by atomic mass is 16.6. The second-order valence-electron chi connectivity index (χ2n) is 5.86. The molecule has 0 spiro atoms. The lowest BCUT2D eigenvalue weighted by molar-refractivity contribution is -0.384. The Bertz CT molecular complexity index is 497. The largest absolute Gasteiger partial charge is 0.391 e. The number of benzene rings is 1. The molecule has 1 aromatic carbocycles. The van der Waals surface area contributed by atoms with Crippen LogP contribution < -0.4 is 4.90 Å². The molecule has 1 aromatic rings. The van der Waals surface area contributed by atoms with E-state index in [0.717, 1.165) is 51.1 Å². The molecule has 1 saturated heterocycles. The van der Waals surface area contributed by atoms with Gasteiger partial charge in [-0.3, -0.25) is 15.0 Å². The summed E-state index contributed by atoms with van der Waals surface area (Å²) in [6.45, 7) is 3.69. The van der Waals surface area contributed by atoms with Gasteiger partial charge in [-0.25, -0.2) is 0 Å². The highest BCUT2D eigenvalue weighted by Gasteiger charge is 2.32. The smallest absolute Gasteiger partial charge is 0.269 e. The molecule has 1 aliphatic carbocycles. The average molecular weight is 291 g/mol. The zero-order valence-corrected chi connectivity index (χ0v) is 12.0. The fourth-order valence-corrected chi connectivity index (χ4v) is 3.44. The lowest BCUT2D eigenvalue weighted by Gasteiger charge is -2.40. The minimum Gasteiger partial charge on any atom is -0.391 e. The Balaban J connectivity index is 1.59. The minimum atomic E-state index is -0.372. The summed E-state index contributed by atoms with van der Waals surface area (Å²) >= 11 is 0. The predicted octanol–water partition coefficient (Wildman–Crippen LogP) is 1.63. The van der Waals surface area contributed by atoms with Crippen molar-refractivity contribution >= 4 is 11.4 Å². The summed E-state index contributed by atoms with van der Waals surface area (Å²) in [4.78, 5) is 14.9. The van der Waals surface area contributed by atoms with Gasteiger partial charge in [-0.15, -0.1) is 0 Å². The van der Waals surface area contributed by atoms with Crippen LogP contribution in [0.25, 0.3) is 0 Å². The first-order valence-corrected chi connectivity index (χ1v) is 7.56. The number of anilines is 1. The lowest BCUT2D eigenvalue weighted by Crippen LogP contribution is -2.52. The Hall–Kier alpha value is -1.66. The maximum Gasteiger partial charge on any atom is 0.269 e. The fourth-order valence-electron chi connectivity index (χ4n) is 3.44. The highest BCUT2D eigenvalue weighted by Crippen LogP contribution is 2.26. The molecule has 114 valence electrons. The molecule has 2 atom stereocenters. The number of aliphatic hydroxyl groups is 1. The molecule has 1 heterocycles. The number of hydrogen-bond donors (Lipinski definition) is 1. The number of non-ortho nitro benzene ring substituents is 1. The van der Waals surface area contributed by atoms with E-state index in [0.29, 0.717) is 6.04 Å². The summed E-state index contributed by atoms with van der Waals surface area (Å²) in [6, 6.07) is 7.07. The Morgan fingerprint density at radius 1 is 1.10 bits per heavy atom. The van der Waals surface area contributed by atoms with Crippen LogP contribution in [0.3, 0.4) is 0 Å². The van der Waals surface area contributed by atoms with Crippen molar-refractivity contribution < 1.29 is 10.0 Å². The van der Waals surface area contributed by atoms with E-state index >= 15 is 0 Å². The first-order chi connectivity index (χ1) is 10.1. The topological polar surface area (TPSA) is 69.9 Å². The second kappa shape index (κ2) is 5.99. The zero-order valence-electron chi connectivity index (χ0n) is 12.0. The first kappa shape index (κ1) is 14.3. The Morgan fingerprint density at radius 3 is 2.29 bits per heavy atom. The van der Waals surface area contributed by atoms with E-state index in [9.17, 15) is 15.2 Å². The van der Waals surface area contributed by atoms with Crippen LogP contribution in [0.15, 0.2) is 24.3 Å². The van der Waals surface area contributed by atoms with E-state index < -0.39 is 0 Å². The number of aliphatic hydroxyl groups excluding tert-OH is 1. The van der Waals surface area contributed by atoms with Gasteiger partial charge in [0.2, 0.25) is 0 Å². The summed E-state index contributed by atoms with van der Waals surface area (Å²) in [7, 11) is 0. The summed E-state index contributed by atoms with van der Waals surface area (Å²) in [5.41, 5.74) is 1.17. The maximum atomic E-state index is 10.7. The van der Waals surface area contributed by atoms with Crippen LogP contribution in [0.4, 0.5) is 11.4 Å². The molecular weight excluding hydrogens is 270 g/mol. The van der Waals surface area contributed by atoms with Gasteiger partial charge in [-0.05, 0) is 31.4 Å². The Kier molecular flexibility index (Phi) is 4.07. The van der Waals surface area contributed by atoms with Gasteiger partial charge in [0, 0.05) is 50.0 Å². The number of rotatable bonds is 3. The van der Waals surface area contributed by atoms with Gasteiger partial charge in [0.05, 0.1) is 11.0 Å². The number of nitro groups is 1. The van der Waals surface area contributed by atoms with E-state index in [4.69, 9.17) is 0 Å². The van der Waals surface area contributed by atoms with Crippen LogP contribution in [0, 0.1) is 10.1 Å². The van der Waals surface area contributed by atoms with Gasteiger partial charge in [0.25, 0.3) is 5.69 Å². The normalized spacial score (nSPS) is 27.0. The van der Waals surface area contributed by atoms with Crippen LogP contribution in [-0.2, 0) is 0 Å². The van der Waals surface area contributed by atoms with Crippen LogP contribution in [0.1, 0.15) is 19.3 Å². The van der Waals surface area contributed by atoms with Gasteiger partial charge in [0.1, 0.15) is 0 Å². The van der Waals surface area contributed by atoms with Crippen molar-refractivity contribution in [1.82, 2.24) is 4.90 Å². The molecule has 1 aliphatic heterocycles. The monoisotopic (exact) mass is 291 g/mol. The summed E-state index contributed by atoms with van der Waals surface area (Å²) in [6.07, 6.45) is 2.97. The molecule has 2 unspecified atom stereocenters. The molecule has 0 bridgehead atoms.